The van der Waals surface area contributed by atoms with Crippen molar-refractivity contribution in [2.45, 2.75) is 6.92 Å². The summed E-state index contributed by atoms with van der Waals surface area (Å²) < 4.78 is 0. The lowest BCUT2D eigenvalue weighted by molar-refractivity contribution is -0.132. The number of carbonyl (C=O) groups is 2. The van der Waals surface area contributed by atoms with Crippen LogP contribution in [0.15, 0.2) is 60.7 Å². The normalized spacial score (nSPS) is 10.4. The number of anilines is 3. The van der Waals surface area contributed by atoms with E-state index in [0.717, 1.165) is 16.3 Å². The van der Waals surface area contributed by atoms with Gasteiger partial charge in [0.1, 0.15) is 0 Å². The highest BCUT2D eigenvalue weighted by Crippen LogP contribution is 2.23. The Morgan fingerprint density at radius 2 is 1.50 bits per heavy atom. The first-order valence-electron chi connectivity index (χ1n) is 7.51. The van der Waals surface area contributed by atoms with Crippen LogP contribution in [0.25, 0.3) is 10.8 Å². The van der Waals surface area contributed by atoms with Gasteiger partial charge in [0, 0.05) is 11.1 Å². The Labute approximate surface area is 139 Å². The predicted octanol–water partition coefficient (Wildman–Crippen LogP) is 3.31. The second-order valence-electron chi connectivity index (χ2n) is 5.53. The second-order valence-corrected chi connectivity index (χ2v) is 5.53. The van der Waals surface area contributed by atoms with Crippen molar-refractivity contribution in [1.82, 2.24) is 0 Å². The molecule has 0 fully saturated rings. The Morgan fingerprint density at radius 1 is 0.833 bits per heavy atom. The maximum atomic E-state index is 12.2. The van der Waals surface area contributed by atoms with Crippen LogP contribution in [-0.4, -0.2) is 11.8 Å². The maximum Gasteiger partial charge on any atom is 0.314 e. The van der Waals surface area contributed by atoms with Gasteiger partial charge >= 0.3 is 11.8 Å². The van der Waals surface area contributed by atoms with E-state index in [2.05, 4.69) is 10.6 Å². The monoisotopic (exact) mass is 319 g/mol. The van der Waals surface area contributed by atoms with Crippen LogP contribution in [0.1, 0.15) is 5.56 Å². The Balaban J connectivity index is 1.79. The standard InChI is InChI=1S/C19H17N3O2/c1-12-9-10-15(20)17(11-12)22-19(24)18(23)21-16-8-4-6-13-5-2-3-7-14(13)16/h2-11H,20H2,1H3,(H,21,23)(H,22,24). The van der Waals surface area contributed by atoms with Crippen LogP contribution in [0.3, 0.4) is 0 Å². The molecule has 0 aliphatic carbocycles. The largest absolute Gasteiger partial charge is 0.397 e. The van der Waals surface area contributed by atoms with Crippen molar-refractivity contribution in [3.63, 3.8) is 0 Å². The number of amides is 2. The lowest BCUT2D eigenvalue weighted by Crippen LogP contribution is -2.29. The molecule has 2 amide bonds. The zero-order chi connectivity index (χ0) is 17.1. The molecule has 24 heavy (non-hydrogen) atoms. The molecule has 3 rings (SSSR count). The minimum Gasteiger partial charge on any atom is -0.397 e. The van der Waals surface area contributed by atoms with Gasteiger partial charge in [-0.05, 0) is 36.1 Å². The van der Waals surface area contributed by atoms with Gasteiger partial charge in [0.15, 0.2) is 0 Å². The fourth-order valence-corrected chi connectivity index (χ4v) is 2.47. The molecule has 0 saturated carbocycles. The third-order valence-corrected chi connectivity index (χ3v) is 3.70. The molecule has 0 radical (unpaired) electrons. The SMILES string of the molecule is Cc1ccc(N)c(NC(=O)C(=O)Nc2cccc3ccccc23)c1. The lowest BCUT2D eigenvalue weighted by atomic mass is 10.1. The fourth-order valence-electron chi connectivity index (χ4n) is 2.47. The minimum absolute atomic E-state index is 0.409. The van der Waals surface area contributed by atoms with E-state index in [1.54, 1.807) is 18.2 Å². The van der Waals surface area contributed by atoms with Gasteiger partial charge in [-0.2, -0.15) is 0 Å². The highest BCUT2D eigenvalue weighted by atomic mass is 16.2. The average molecular weight is 319 g/mol. The van der Waals surface area contributed by atoms with E-state index in [1.165, 1.54) is 0 Å². The zero-order valence-electron chi connectivity index (χ0n) is 13.2. The molecule has 5 nitrogen and oxygen atoms in total. The van der Waals surface area contributed by atoms with Gasteiger partial charge in [-0.3, -0.25) is 9.59 Å². The van der Waals surface area contributed by atoms with Gasteiger partial charge in [0.05, 0.1) is 11.4 Å². The minimum atomic E-state index is -0.764. The molecule has 0 saturated heterocycles. The second kappa shape index (κ2) is 6.42. The van der Waals surface area contributed by atoms with E-state index in [9.17, 15) is 9.59 Å². The van der Waals surface area contributed by atoms with Gasteiger partial charge in [-0.1, -0.05) is 42.5 Å². The van der Waals surface area contributed by atoms with Crippen LogP contribution in [-0.2, 0) is 9.59 Å². The van der Waals surface area contributed by atoms with Gasteiger partial charge in [0.2, 0.25) is 0 Å². The van der Waals surface area contributed by atoms with Crippen LogP contribution >= 0.6 is 0 Å². The Bertz CT molecular complexity index is 930. The number of nitrogens with two attached hydrogens (primary N) is 1. The number of hydrogen-bond donors (Lipinski definition) is 3. The topological polar surface area (TPSA) is 84.2 Å². The number of carbonyl (C=O) groups excluding carboxylic acids is 2. The molecule has 120 valence electrons. The number of nitrogens with one attached hydrogen (secondary N) is 2. The molecule has 5 heteroatoms. The smallest absolute Gasteiger partial charge is 0.314 e. The van der Waals surface area contributed by atoms with Crippen LogP contribution in [0, 0.1) is 6.92 Å². The molecule has 0 unspecified atom stereocenters. The van der Waals surface area contributed by atoms with Crippen LogP contribution < -0.4 is 16.4 Å². The number of fused-ring (bicyclic) bond motifs is 1. The predicted molar refractivity (Wildman–Crippen MR) is 96.8 cm³/mol. The molecule has 0 bridgehead atoms. The molecule has 0 heterocycles. The van der Waals surface area contributed by atoms with Crippen molar-refractivity contribution in [2.24, 2.45) is 0 Å². The molecule has 0 spiro atoms. The first-order chi connectivity index (χ1) is 11.5. The Kier molecular flexibility index (Phi) is 4.16. The maximum absolute atomic E-state index is 12.2. The molecular weight excluding hydrogens is 302 g/mol. The van der Waals surface area contributed by atoms with Crippen molar-refractivity contribution in [3.05, 3.63) is 66.2 Å². The summed E-state index contributed by atoms with van der Waals surface area (Å²) in [5, 5.41) is 7.05. The summed E-state index contributed by atoms with van der Waals surface area (Å²) in [7, 11) is 0. The molecule has 3 aromatic rings. The Hall–Kier alpha value is -3.34. The van der Waals surface area contributed by atoms with Crippen LogP contribution in [0.5, 0.6) is 0 Å². The molecule has 0 aliphatic rings. The van der Waals surface area contributed by atoms with Gasteiger partial charge in [-0.15, -0.1) is 0 Å². The highest BCUT2D eigenvalue weighted by Gasteiger charge is 2.16. The van der Waals surface area contributed by atoms with E-state index in [1.807, 2.05) is 49.4 Å². The van der Waals surface area contributed by atoms with Gasteiger partial charge < -0.3 is 16.4 Å². The zero-order valence-corrected chi connectivity index (χ0v) is 13.2. The number of nitrogen functional groups attached to an aromatic ring is 1. The third-order valence-electron chi connectivity index (χ3n) is 3.70. The molecule has 3 aromatic carbocycles. The van der Waals surface area contributed by atoms with Crippen molar-refractivity contribution < 1.29 is 9.59 Å². The molecule has 0 atom stereocenters. The summed E-state index contributed by atoms with van der Waals surface area (Å²) in [6.45, 7) is 1.88. The summed E-state index contributed by atoms with van der Waals surface area (Å²) in [6, 6.07) is 18.4. The molecule has 0 aromatic heterocycles. The fraction of sp³-hybridized carbons (Fsp3) is 0.0526. The summed E-state index contributed by atoms with van der Waals surface area (Å²) >= 11 is 0. The van der Waals surface area contributed by atoms with E-state index in [0.29, 0.717) is 17.1 Å². The molecule has 0 aliphatic heterocycles. The van der Waals surface area contributed by atoms with Gasteiger partial charge in [0.25, 0.3) is 0 Å². The van der Waals surface area contributed by atoms with Gasteiger partial charge in [-0.25, -0.2) is 0 Å². The van der Waals surface area contributed by atoms with E-state index < -0.39 is 11.8 Å². The van der Waals surface area contributed by atoms with Crippen LogP contribution in [0.4, 0.5) is 17.1 Å². The number of aryl methyl sites for hydroxylation is 1. The first-order valence-corrected chi connectivity index (χ1v) is 7.51. The summed E-state index contributed by atoms with van der Waals surface area (Å²) in [5.41, 5.74) is 8.18. The molecule has 4 N–H and O–H groups in total. The van der Waals surface area contributed by atoms with E-state index >= 15 is 0 Å². The van der Waals surface area contributed by atoms with Crippen molar-refractivity contribution >= 4 is 39.6 Å². The number of hydrogen-bond acceptors (Lipinski definition) is 3. The van der Waals surface area contributed by atoms with Crippen LogP contribution in [0.2, 0.25) is 0 Å². The highest BCUT2D eigenvalue weighted by molar-refractivity contribution is 6.44. The number of benzene rings is 3. The quantitative estimate of drug-likeness (QED) is 0.500. The third kappa shape index (κ3) is 3.20. The molecular formula is C19H17N3O2. The average Bonchev–Trinajstić information content (AvgIpc) is 2.58. The summed E-state index contributed by atoms with van der Waals surface area (Å²) in [4.78, 5) is 24.3. The summed E-state index contributed by atoms with van der Waals surface area (Å²) in [6.07, 6.45) is 0. The van der Waals surface area contributed by atoms with E-state index in [4.69, 9.17) is 5.73 Å². The number of rotatable bonds is 2. The summed E-state index contributed by atoms with van der Waals surface area (Å²) in [5.74, 6) is -1.51. The lowest BCUT2D eigenvalue weighted by Gasteiger charge is -2.11. The van der Waals surface area contributed by atoms with Crippen molar-refractivity contribution in [1.29, 1.82) is 0 Å². The van der Waals surface area contributed by atoms with Crippen molar-refractivity contribution in [3.8, 4) is 0 Å². The first kappa shape index (κ1) is 15.6. The van der Waals surface area contributed by atoms with Crippen molar-refractivity contribution in [2.75, 3.05) is 16.4 Å². The Morgan fingerprint density at radius 3 is 2.29 bits per heavy atom. The van der Waals surface area contributed by atoms with E-state index in [-0.39, 0.29) is 0 Å².